The molecule has 144 valence electrons. The SMILES string of the molecule is CCOc1ccc(/C=C/C(=O)NCc2ccccc2CS(=O)(=O)NC)cc1. The summed E-state index contributed by atoms with van der Waals surface area (Å²) >= 11 is 0. The van der Waals surface area contributed by atoms with Crippen molar-refractivity contribution in [2.75, 3.05) is 13.7 Å². The Kier molecular flexibility index (Phi) is 7.57. The van der Waals surface area contributed by atoms with E-state index in [4.69, 9.17) is 4.74 Å². The second-order valence-electron chi connectivity index (χ2n) is 5.79. The van der Waals surface area contributed by atoms with Gasteiger partial charge in [-0.05, 0) is 48.9 Å². The van der Waals surface area contributed by atoms with E-state index in [0.717, 1.165) is 16.9 Å². The van der Waals surface area contributed by atoms with Crippen molar-refractivity contribution in [2.24, 2.45) is 0 Å². The van der Waals surface area contributed by atoms with E-state index >= 15 is 0 Å². The van der Waals surface area contributed by atoms with E-state index in [0.29, 0.717) is 12.2 Å². The van der Waals surface area contributed by atoms with Gasteiger partial charge < -0.3 is 10.1 Å². The number of hydrogen-bond acceptors (Lipinski definition) is 4. The molecule has 0 radical (unpaired) electrons. The van der Waals surface area contributed by atoms with Crippen molar-refractivity contribution in [2.45, 2.75) is 19.2 Å². The molecule has 27 heavy (non-hydrogen) atoms. The number of carbonyl (C=O) groups is 1. The van der Waals surface area contributed by atoms with Gasteiger partial charge in [0.25, 0.3) is 0 Å². The highest BCUT2D eigenvalue weighted by Gasteiger charge is 2.12. The predicted molar refractivity (Wildman–Crippen MR) is 107 cm³/mol. The maximum absolute atomic E-state index is 12.1. The van der Waals surface area contributed by atoms with Gasteiger partial charge in [0.05, 0.1) is 12.4 Å². The molecule has 0 aliphatic rings. The third-order valence-electron chi connectivity index (χ3n) is 3.85. The van der Waals surface area contributed by atoms with Gasteiger partial charge in [-0.25, -0.2) is 13.1 Å². The van der Waals surface area contributed by atoms with E-state index in [2.05, 4.69) is 10.0 Å². The molecule has 7 heteroatoms. The first-order valence-electron chi connectivity index (χ1n) is 8.60. The molecule has 0 spiro atoms. The van der Waals surface area contributed by atoms with Crippen LogP contribution in [0.2, 0.25) is 0 Å². The Morgan fingerprint density at radius 3 is 2.37 bits per heavy atom. The number of hydrogen-bond donors (Lipinski definition) is 2. The highest BCUT2D eigenvalue weighted by molar-refractivity contribution is 7.88. The number of nitrogens with one attached hydrogen (secondary N) is 2. The molecule has 0 aliphatic carbocycles. The van der Waals surface area contributed by atoms with Gasteiger partial charge in [0.1, 0.15) is 5.75 Å². The largest absolute Gasteiger partial charge is 0.494 e. The summed E-state index contributed by atoms with van der Waals surface area (Å²) in [6.45, 7) is 2.78. The normalized spacial score (nSPS) is 11.5. The van der Waals surface area contributed by atoms with E-state index in [1.54, 1.807) is 24.3 Å². The fourth-order valence-electron chi connectivity index (χ4n) is 2.40. The Bertz CT molecular complexity index is 890. The van der Waals surface area contributed by atoms with Gasteiger partial charge in [0.2, 0.25) is 15.9 Å². The molecule has 2 N–H and O–H groups in total. The van der Waals surface area contributed by atoms with Gasteiger partial charge in [0.15, 0.2) is 0 Å². The number of benzene rings is 2. The average Bonchev–Trinajstić information content (AvgIpc) is 2.67. The molecule has 0 atom stereocenters. The van der Waals surface area contributed by atoms with Crippen molar-refractivity contribution in [1.82, 2.24) is 10.0 Å². The Hall–Kier alpha value is -2.64. The molecular formula is C20H24N2O4S. The molecule has 0 fully saturated rings. The minimum Gasteiger partial charge on any atom is -0.494 e. The highest BCUT2D eigenvalue weighted by atomic mass is 32.2. The van der Waals surface area contributed by atoms with Crippen LogP contribution in [0.5, 0.6) is 5.75 Å². The van der Waals surface area contributed by atoms with Gasteiger partial charge in [-0.1, -0.05) is 36.4 Å². The highest BCUT2D eigenvalue weighted by Crippen LogP contribution is 2.14. The molecular weight excluding hydrogens is 364 g/mol. The van der Waals surface area contributed by atoms with E-state index in [1.165, 1.54) is 13.1 Å². The number of amides is 1. The van der Waals surface area contributed by atoms with Crippen LogP contribution < -0.4 is 14.8 Å². The first-order chi connectivity index (χ1) is 12.9. The van der Waals surface area contributed by atoms with Crippen LogP contribution in [0.3, 0.4) is 0 Å². The molecule has 0 saturated carbocycles. The number of sulfonamides is 1. The molecule has 0 aliphatic heterocycles. The summed E-state index contributed by atoms with van der Waals surface area (Å²) in [5.74, 6) is 0.403. The summed E-state index contributed by atoms with van der Waals surface area (Å²) in [5, 5.41) is 2.78. The molecule has 2 aromatic rings. The first kappa shape index (κ1) is 20.7. The molecule has 0 unspecified atom stereocenters. The summed E-state index contributed by atoms with van der Waals surface area (Å²) in [6, 6.07) is 14.6. The lowest BCUT2D eigenvalue weighted by Gasteiger charge is -2.10. The van der Waals surface area contributed by atoms with Gasteiger partial charge in [-0.15, -0.1) is 0 Å². The van der Waals surface area contributed by atoms with Gasteiger partial charge >= 0.3 is 0 Å². The third kappa shape index (κ3) is 6.88. The minimum absolute atomic E-state index is 0.127. The quantitative estimate of drug-likeness (QED) is 0.647. The standard InChI is InChI=1S/C20H24N2O4S/c1-3-26-19-11-8-16(9-12-19)10-13-20(23)22-14-17-6-4-5-7-18(17)15-27(24,25)21-2/h4-13,21H,3,14-15H2,1-2H3,(H,22,23)/b13-10+. The van der Waals surface area contributed by atoms with Crippen molar-refractivity contribution in [3.8, 4) is 5.75 Å². The third-order valence-corrected chi connectivity index (χ3v) is 5.16. The summed E-state index contributed by atoms with van der Waals surface area (Å²) in [7, 11) is -1.99. The number of ether oxygens (including phenoxy) is 1. The summed E-state index contributed by atoms with van der Waals surface area (Å²) in [6.07, 6.45) is 3.16. The van der Waals surface area contributed by atoms with Crippen molar-refractivity contribution in [3.05, 3.63) is 71.3 Å². The van der Waals surface area contributed by atoms with Crippen LogP contribution >= 0.6 is 0 Å². The van der Waals surface area contributed by atoms with Crippen LogP contribution in [-0.2, 0) is 27.1 Å². The summed E-state index contributed by atoms with van der Waals surface area (Å²) < 4.78 is 31.2. The van der Waals surface area contributed by atoms with Crippen LogP contribution in [0, 0.1) is 0 Å². The molecule has 1 amide bonds. The molecule has 2 rings (SSSR count). The maximum atomic E-state index is 12.1. The Morgan fingerprint density at radius 1 is 1.07 bits per heavy atom. The van der Waals surface area contributed by atoms with Gasteiger partial charge in [-0.2, -0.15) is 0 Å². The van der Waals surface area contributed by atoms with Crippen molar-refractivity contribution in [1.29, 1.82) is 0 Å². The van der Waals surface area contributed by atoms with E-state index in [-0.39, 0.29) is 18.2 Å². The van der Waals surface area contributed by atoms with Gasteiger partial charge in [-0.3, -0.25) is 4.79 Å². The molecule has 2 aromatic carbocycles. The number of carbonyl (C=O) groups excluding carboxylic acids is 1. The average molecular weight is 388 g/mol. The molecule has 0 aromatic heterocycles. The Morgan fingerprint density at radius 2 is 1.74 bits per heavy atom. The van der Waals surface area contributed by atoms with Crippen molar-refractivity contribution in [3.63, 3.8) is 0 Å². The zero-order valence-corrected chi connectivity index (χ0v) is 16.3. The predicted octanol–water partition coefficient (Wildman–Crippen LogP) is 2.46. The summed E-state index contributed by atoms with van der Waals surface area (Å²) in [5.41, 5.74) is 2.30. The zero-order valence-electron chi connectivity index (χ0n) is 15.4. The lowest BCUT2D eigenvalue weighted by atomic mass is 10.1. The minimum atomic E-state index is -3.37. The second-order valence-corrected chi connectivity index (χ2v) is 7.71. The lowest BCUT2D eigenvalue weighted by molar-refractivity contribution is -0.116. The monoisotopic (exact) mass is 388 g/mol. The Labute approximate surface area is 160 Å². The van der Waals surface area contributed by atoms with Crippen LogP contribution in [-0.4, -0.2) is 28.0 Å². The molecule has 6 nitrogen and oxygen atoms in total. The van der Waals surface area contributed by atoms with Gasteiger partial charge in [0, 0.05) is 12.6 Å². The maximum Gasteiger partial charge on any atom is 0.244 e. The number of rotatable bonds is 9. The topological polar surface area (TPSA) is 84.5 Å². The van der Waals surface area contributed by atoms with Crippen LogP contribution in [0.1, 0.15) is 23.6 Å². The van der Waals surface area contributed by atoms with E-state index in [1.807, 2.05) is 37.3 Å². The summed E-state index contributed by atoms with van der Waals surface area (Å²) in [4.78, 5) is 12.1. The molecule has 0 heterocycles. The van der Waals surface area contributed by atoms with Crippen LogP contribution in [0.25, 0.3) is 6.08 Å². The van der Waals surface area contributed by atoms with Crippen molar-refractivity contribution < 1.29 is 17.9 Å². The van der Waals surface area contributed by atoms with E-state index in [9.17, 15) is 13.2 Å². The lowest BCUT2D eigenvalue weighted by Crippen LogP contribution is -2.24. The van der Waals surface area contributed by atoms with E-state index < -0.39 is 10.0 Å². The fraction of sp³-hybridized carbons (Fsp3) is 0.250. The Balaban J connectivity index is 1.95. The molecule has 0 bridgehead atoms. The van der Waals surface area contributed by atoms with Crippen LogP contribution in [0.4, 0.5) is 0 Å². The zero-order chi connectivity index (χ0) is 19.7. The smallest absolute Gasteiger partial charge is 0.244 e. The second kappa shape index (κ2) is 9.89. The first-order valence-corrected chi connectivity index (χ1v) is 10.3. The van der Waals surface area contributed by atoms with Crippen molar-refractivity contribution >= 4 is 22.0 Å². The van der Waals surface area contributed by atoms with Crippen LogP contribution in [0.15, 0.2) is 54.6 Å². The fourth-order valence-corrected chi connectivity index (χ4v) is 3.24. The molecule has 0 saturated heterocycles.